The third-order valence-electron chi connectivity index (χ3n) is 2.99. The predicted molar refractivity (Wildman–Crippen MR) is 82.8 cm³/mol. The summed E-state index contributed by atoms with van der Waals surface area (Å²) in [5, 5.41) is 24.8. The molecule has 0 atom stereocenters. The zero-order chi connectivity index (χ0) is 15.5. The Balaban J connectivity index is 0. The van der Waals surface area contributed by atoms with Gasteiger partial charge in [-0.1, -0.05) is 64.4 Å². The van der Waals surface area contributed by atoms with Crippen molar-refractivity contribution in [2.24, 2.45) is 0 Å². The van der Waals surface area contributed by atoms with Gasteiger partial charge in [0.15, 0.2) is 0 Å². The molecule has 0 aromatic carbocycles. The number of aliphatic hydroxyl groups is 2. The minimum atomic E-state index is -0.981. The van der Waals surface area contributed by atoms with Gasteiger partial charge in [0, 0.05) is 19.3 Å². The number of unbranched alkanes of at least 4 members (excludes halogenated alkanes) is 10. The normalized spacial score (nSPS) is 9.70. The van der Waals surface area contributed by atoms with Gasteiger partial charge in [-0.25, -0.2) is 4.79 Å². The zero-order valence-electron chi connectivity index (χ0n) is 12.7. The first-order valence-electron chi connectivity index (χ1n) is 7.76. The third-order valence-corrected chi connectivity index (χ3v) is 2.99. The van der Waals surface area contributed by atoms with E-state index in [2.05, 4.69) is 6.58 Å². The molecule has 0 unspecified atom stereocenters. The lowest BCUT2D eigenvalue weighted by Crippen LogP contribution is -1.85. The molecule has 0 aromatic rings. The summed E-state index contributed by atoms with van der Waals surface area (Å²) in [6.07, 6.45) is 14.4. The van der Waals surface area contributed by atoms with Crippen LogP contribution in [0.1, 0.15) is 70.6 Å². The van der Waals surface area contributed by atoms with Gasteiger partial charge in [-0.2, -0.15) is 0 Å². The second kappa shape index (κ2) is 20.4. The Morgan fingerprint density at radius 2 is 0.900 bits per heavy atom. The van der Waals surface area contributed by atoms with Gasteiger partial charge in [0.2, 0.25) is 0 Å². The van der Waals surface area contributed by atoms with E-state index in [1.807, 2.05) is 0 Å². The molecule has 0 aliphatic heterocycles. The summed E-state index contributed by atoms with van der Waals surface area (Å²) in [5.41, 5.74) is 0. The number of aliphatic hydroxyl groups excluding tert-OH is 2. The van der Waals surface area contributed by atoms with Gasteiger partial charge in [0.1, 0.15) is 0 Å². The van der Waals surface area contributed by atoms with E-state index in [0.717, 1.165) is 18.9 Å². The summed E-state index contributed by atoms with van der Waals surface area (Å²) in [6, 6.07) is 0. The molecule has 0 radical (unpaired) electrons. The van der Waals surface area contributed by atoms with Gasteiger partial charge in [-0.15, -0.1) is 0 Å². The quantitative estimate of drug-likeness (QED) is 0.358. The fourth-order valence-electron chi connectivity index (χ4n) is 1.81. The fraction of sp³-hybridized carbons (Fsp3) is 0.812. The topological polar surface area (TPSA) is 77.8 Å². The van der Waals surface area contributed by atoms with Gasteiger partial charge < -0.3 is 15.3 Å². The van der Waals surface area contributed by atoms with Crippen LogP contribution in [0.3, 0.4) is 0 Å². The van der Waals surface area contributed by atoms with Crippen LogP contribution in [0.4, 0.5) is 0 Å². The molecule has 4 nitrogen and oxygen atoms in total. The van der Waals surface area contributed by atoms with E-state index in [0.29, 0.717) is 13.2 Å². The molecule has 20 heavy (non-hydrogen) atoms. The van der Waals surface area contributed by atoms with Gasteiger partial charge in [-0.05, 0) is 12.8 Å². The largest absolute Gasteiger partial charge is 0.478 e. The highest BCUT2D eigenvalue weighted by Crippen LogP contribution is 2.10. The second-order valence-electron chi connectivity index (χ2n) is 4.88. The molecule has 0 bridgehead atoms. The van der Waals surface area contributed by atoms with E-state index in [-0.39, 0.29) is 0 Å². The molecule has 4 heteroatoms. The highest BCUT2D eigenvalue weighted by Gasteiger charge is 1.92. The summed E-state index contributed by atoms with van der Waals surface area (Å²) < 4.78 is 0. The van der Waals surface area contributed by atoms with Gasteiger partial charge in [0.05, 0.1) is 0 Å². The molecular weight excluding hydrogens is 256 g/mol. The van der Waals surface area contributed by atoms with Crippen LogP contribution in [0.2, 0.25) is 0 Å². The number of aliphatic carboxylic acids is 1. The predicted octanol–water partition coefficient (Wildman–Crippen LogP) is 3.52. The maximum Gasteiger partial charge on any atom is 0.327 e. The van der Waals surface area contributed by atoms with Gasteiger partial charge >= 0.3 is 5.97 Å². The maximum absolute atomic E-state index is 9.25. The van der Waals surface area contributed by atoms with Crippen molar-refractivity contribution in [3.05, 3.63) is 12.7 Å². The van der Waals surface area contributed by atoms with E-state index in [4.69, 9.17) is 15.3 Å². The van der Waals surface area contributed by atoms with Crippen LogP contribution in [0.15, 0.2) is 12.7 Å². The monoisotopic (exact) mass is 288 g/mol. The summed E-state index contributed by atoms with van der Waals surface area (Å²) in [6.45, 7) is 3.66. The van der Waals surface area contributed by atoms with Crippen molar-refractivity contribution in [1.82, 2.24) is 0 Å². The minimum Gasteiger partial charge on any atom is -0.478 e. The van der Waals surface area contributed by atoms with E-state index >= 15 is 0 Å². The average Bonchev–Trinajstić information content (AvgIpc) is 2.45. The van der Waals surface area contributed by atoms with Crippen LogP contribution in [0.5, 0.6) is 0 Å². The molecule has 0 spiro atoms. The molecule has 3 N–H and O–H groups in total. The van der Waals surface area contributed by atoms with Crippen molar-refractivity contribution in [3.63, 3.8) is 0 Å². The molecule has 0 amide bonds. The number of hydrogen-bond acceptors (Lipinski definition) is 3. The van der Waals surface area contributed by atoms with Crippen molar-refractivity contribution < 1.29 is 20.1 Å². The Morgan fingerprint density at radius 1 is 0.700 bits per heavy atom. The van der Waals surface area contributed by atoms with Crippen LogP contribution >= 0.6 is 0 Å². The van der Waals surface area contributed by atoms with Gasteiger partial charge in [-0.3, -0.25) is 0 Å². The Bertz CT molecular complexity index is 193. The van der Waals surface area contributed by atoms with Crippen LogP contribution in [0, 0.1) is 0 Å². The van der Waals surface area contributed by atoms with E-state index in [1.165, 1.54) is 57.8 Å². The summed E-state index contributed by atoms with van der Waals surface area (Å²) >= 11 is 0. The van der Waals surface area contributed by atoms with Crippen LogP contribution in [0.25, 0.3) is 0 Å². The Kier molecular flexibility index (Phi) is 21.9. The van der Waals surface area contributed by atoms with E-state index < -0.39 is 5.97 Å². The molecule has 0 heterocycles. The van der Waals surface area contributed by atoms with E-state index in [1.54, 1.807) is 0 Å². The molecule has 120 valence electrons. The first-order valence-corrected chi connectivity index (χ1v) is 7.76. The van der Waals surface area contributed by atoms with Crippen molar-refractivity contribution in [2.75, 3.05) is 13.2 Å². The fourth-order valence-corrected chi connectivity index (χ4v) is 1.81. The van der Waals surface area contributed by atoms with Crippen LogP contribution < -0.4 is 0 Å². The SMILES string of the molecule is C=CC(=O)O.OCCCCCCCCCCCCCO. The standard InChI is InChI=1S/C13H28O2.C3H4O2/c14-12-10-8-6-4-2-1-3-5-7-9-11-13-15;1-2-3(4)5/h14-15H,1-13H2;2H,1H2,(H,4,5). The molecular formula is C16H32O4. The number of carboxylic acids is 1. The number of rotatable bonds is 13. The second-order valence-corrected chi connectivity index (χ2v) is 4.88. The first kappa shape index (κ1) is 21.4. The van der Waals surface area contributed by atoms with Gasteiger partial charge in [0.25, 0.3) is 0 Å². The number of carbonyl (C=O) groups is 1. The van der Waals surface area contributed by atoms with Crippen molar-refractivity contribution in [3.8, 4) is 0 Å². The van der Waals surface area contributed by atoms with Crippen molar-refractivity contribution in [1.29, 1.82) is 0 Å². The molecule has 0 saturated heterocycles. The van der Waals surface area contributed by atoms with E-state index in [9.17, 15) is 4.79 Å². The number of carboxylic acid groups (broad SMARTS) is 1. The molecule has 0 rings (SSSR count). The lowest BCUT2D eigenvalue weighted by molar-refractivity contribution is -0.131. The van der Waals surface area contributed by atoms with Crippen molar-refractivity contribution in [2.45, 2.75) is 70.6 Å². The molecule has 0 aliphatic rings. The minimum absolute atomic E-state index is 0.352. The lowest BCUT2D eigenvalue weighted by Gasteiger charge is -2.01. The molecule has 0 saturated carbocycles. The maximum atomic E-state index is 9.25. The summed E-state index contributed by atoms with van der Waals surface area (Å²) in [5.74, 6) is -0.981. The molecule has 0 fully saturated rings. The number of hydrogen-bond donors (Lipinski definition) is 3. The Morgan fingerprint density at radius 3 is 1.05 bits per heavy atom. The smallest absolute Gasteiger partial charge is 0.327 e. The summed E-state index contributed by atoms with van der Waals surface area (Å²) in [4.78, 5) is 9.25. The summed E-state index contributed by atoms with van der Waals surface area (Å²) in [7, 11) is 0. The van der Waals surface area contributed by atoms with Crippen LogP contribution in [-0.2, 0) is 4.79 Å². The zero-order valence-corrected chi connectivity index (χ0v) is 12.7. The highest BCUT2D eigenvalue weighted by atomic mass is 16.4. The van der Waals surface area contributed by atoms with Crippen molar-refractivity contribution >= 4 is 5.97 Å². The lowest BCUT2D eigenvalue weighted by atomic mass is 10.1. The highest BCUT2D eigenvalue weighted by molar-refractivity contribution is 5.78. The third kappa shape index (κ3) is 25.9. The van der Waals surface area contributed by atoms with Crippen LogP contribution in [-0.4, -0.2) is 34.5 Å². The Labute approximate surface area is 123 Å². The Hall–Kier alpha value is -0.870. The molecule has 0 aromatic heterocycles. The first-order chi connectivity index (χ1) is 9.68. The average molecular weight is 288 g/mol. The molecule has 0 aliphatic carbocycles.